The number of carbonyl (C=O) groups is 1. The van der Waals surface area contributed by atoms with Gasteiger partial charge in [-0.2, -0.15) is 0 Å². The molecule has 0 heterocycles. The zero-order valence-corrected chi connectivity index (χ0v) is 17.3. The van der Waals surface area contributed by atoms with E-state index in [-0.39, 0.29) is 17.0 Å². The average molecular weight is 432 g/mol. The van der Waals surface area contributed by atoms with Gasteiger partial charge in [-0.25, -0.2) is 0 Å². The van der Waals surface area contributed by atoms with Crippen molar-refractivity contribution in [1.29, 1.82) is 0 Å². The molecule has 0 aromatic heterocycles. The first kappa shape index (κ1) is 20.4. The summed E-state index contributed by atoms with van der Waals surface area (Å²) >= 11 is 6.07. The van der Waals surface area contributed by atoms with Gasteiger partial charge in [0.2, 0.25) is 0 Å². The highest BCUT2D eigenvalue weighted by molar-refractivity contribution is 6.30. The number of methoxy groups -OCH3 is 1. The molecule has 4 aromatic carbocycles. The monoisotopic (exact) mass is 431 g/mol. The zero-order valence-electron chi connectivity index (χ0n) is 16.5. The lowest BCUT2D eigenvalue weighted by molar-refractivity contribution is 0.102. The lowest BCUT2D eigenvalue weighted by Gasteiger charge is -2.11. The van der Waals surface area contributed by atoms with Gasteiger partial charge in [0.1, 0.15) is 17.1 Å². The lowest BCUT2D eigenvalue weighted by Crippen LogP contribution is -2.12. The molecule has 0 saturated heterocycles. The normalized spacial score (nSPS) is 11.0. The molecule has 31 heavy (non-hydrogen) atoms. The third-order valence-corrected chi connectivity index (χ3v) is 4.91. The van der Waals surface area contributed by atoms with E-state index in [2.05, 4.69) is 15.5 Å². The molecule has 1 amide bonds. The van der Waals surface area contributed by atoms with Gasteiger partial charge in [-0.1, -0.05) is 54.1 Å². The van der Waals surface area contributed by atoms with E-state index in [1.807, 2.05) is 36.4 Å². The SMILES string of the molecule is COc1ccc(Cl)cc1N=Nc1c(O)c(C(=O)Nc2ccccc2)cc2ccccc12. The number of hydrogen-bond acceptors (Lipinski definition) is 5. The molecular formula is C24H18ClN3O3. The standard InChI is InChI=1S/C24H18ClN3O3/c1-31-21-12-11-16(25)14-20(21)27-28-22-18-10-6-5-7-15(18)13-19(23(22)29)24(30)26-17-8-3-2-4-9-17/h2-14,29H,1H3,(H,26,30). The number of hydrogen-bond donors (Lipinski definition) is 2. The van der Waals surface area contributed by atoms with Crippen molar-refractivity contribution in [3.8, 4) is 11.5 Å². The Labute approximate surface area is 183 Å². The molecule has 0 radical (unpaired) electrons. The minimum absolute atomic E-state index is 0.0922. The van der Waals surface area contributed by atoms with Crippen molar-refractivity contribution in [2.75, 3.05) is 12.4 Å². The molecule has 0 atom stereocenters. The summed E-state index contributed by atoms with van der Waals surface area (Å²) in [5.41, 5.74) is 1.29. The number of fused-ring (bicyclic) bond motifs is 1. The summed E-state index contributed by atoms with van der Waals surface area (Å²) in [6.07, 6.45) is 0. The molecule has 0 aliphatic rings. The van der Waals surface area contributed by atoms with Crippen LogP contribution in [0.1, 0.15) is 10.4 Å². The molecule has 0 fully saturated rings. The van der Waals surface area contributed by atoms with Gasteiger partial charge in [0, 0.05) is 16.1 Å². The number of benzene rings is 4. The van der Waals surface area contributed by atoms with E-state index in [9.17, 15) is 9.90 Å². The first-order chi connectivity index (χ1) is 15.1. The molecule has 0 aliphatic carbocycles. The predicted molar refractivity (Wildman–Crippen MR) is 122 cm³/mol. The Bertz CT molecular complexity index is 1290. The van der Waals surface area contributed by atoms with E-state index in [4.69, 9.17) is 16.3 Å². The van der Waals surface area contributed by atoms with E-state index >= 15 is 0 Å². The Kier molecular flexibility index (Phi) is 5.82. The average Bonchev–Trinajstić information content (AvgIpc) is 2.79. The third kappa shape index (κ3) is 4.34. The van der Waals surface area contributed by atoms with Crippen LogP contribution in [0.25, 0.3) is 10.8 Å². The van der Waals surface area contributed by atoms with Gasteiger partial charge >= 0.3 is 0 Å². The van der Waals surface area contributed by atoms with Crippen LogP contribution in [-0.4, -0.2) is 18.1 Å². The molecule has 0 aliphatic heterocycles. The van der Waals surface area contributed by atoms with Crippen LogP contribution in [0.3, 0.4) is 0 Å². The first-order valence-electron chi connectivity index (χ1n) is 9.43. The molecular weight excluding hydrogens is 414 g/mol. The molecule has 0 saturated carbocycles. The van der Waals surface area contributed by atoms with Crippen molar-refractivity contribution in [2.24, 2.45) is 10.2 Å². The number of phenolic OH excluding ortho intramolecular Hbond substituents is 1. The second-order valence-electron chi connectivity index (χ2n) is 6.68. The number of para-hydroxylation sites is 1. The molecule has 154 valence electrons. The summed E-state index contributed by atoms with van der Waals surface area (Å²) in [5, 5.41) is 24.1. The van der Waals surface area contributed by atoms with Crippen LogP contribution in [0.15, 0.2) is 89.1 Å². The third-order valence-electron chi connectivity index (χ3n) is 4.67. The van der Waals surface area contributed by atoms with Gasteiger partial charge < -0.3 is 15.2 Å². The van der Waals surface area contributed by atoms with Crippen molar-refractivity contribution >= 4 is 45.3 Å². The first-order valence-corrected chi connectivity index (χ1v) is 9.81. The topological polar surface area (TPSA) is 83.3 Å². The van der Waals surface area contributed by atoms with Crippen molar-refractivity contribution in [3.05, 3.63) is 89.4 Å². The summed E-state index contributed by atoms with van der Waals surface area (Å²) in [6.45, 7) is 0. The molecule has 0 spiro atoms. The molecule has 4 aromatic rings. The van der Waals surface area contributed by atoms with E-state index in [0.717, 1.165) is 5.39 Å². The van der Waals surface area contributed by atoms with Gasteiger partial charge in [0.05, 0.1) is 12.7 Å². The number of phenols is 1. The Morgan fingerprint density at radius 2 is 1.71 bits per heavy atom. The van der Waals surface area contributed by atoms with Crippen LogP contribution in [0.5, 0.6) is 11.5 Å². The summed E-state index contributed by atoms with van der Waals surface area (Å²) in [5.74, 6) is -0.238. The Hall–Kier alpha value is -3.90. The second kappa shape index (κ2) is 8.85. The minimum Gasteiger partial charge on any atom is -0.505 e. The number of azo groups is 1. The largest absolute Gasteiger partial charge is 0.505 e. The van der Waals surface area contributed by atoms with Crippen molar-refractivity contribution in [2.45, 2.75) is 0 Å². The van der Waals surface area contributed by atoms with Gasteiger partial charge in [-0.3, -0.25) is 4.79 Å². The fourth-order valence-electron chi connectivity index (χ4n) is 3.16. The summed E-state index contributed by atoms with van der Waals surface area (Å²) in [7, 11) is 1.52. The fourth-order valence-corrected chi connectivity index (χ4v) is 3.32. The number of nitrogens with one attached hydrogen (secondary N) is 1. The number of carbonyl (C=O) groups excluding carboxylic acids is 1. The van der Waals surface area contributed by atoms with Gasteiger partial charge in [-0.05, 0) is 41.8 Å². The smallest absolute Gasteiger partial charge is 0.259 e. The Morgan fingerprint density at radius 1 is 0.968 bits per heavy atom. The number of rotatable bonds is 5. The van der Waals surface area contributed by atoms with Gasteiger partial charge in [0.25, 0.3) is 5.91 Å². The maximum absolute atomic E-state index is 12.9. The van der Waals surface area contributed by atoms with Crippen LogP contribution in [0, 0.1) is 0 Å². The van der Waals surface area contributed by atoms with Crippen LogP contribution in [-0.2, 0) is 0 Å². The molecule has 4 rings (SSSR count). The van der Waals surface area contributed by atoms with Crippen LogP contribution >= 0.6 is 11.6 Å². The summed E-state index contributed by atoms with van der Waals surface area (Å²) < 4.78 is 5.30. The maximum atomic E-state index is 12.9. The van der Waals surface area contributed by atoms with Gasteiger partial charge in [-0.15, -0.1) is 10.2 Å². The molecule has 6 nitrogen and oxygen atoms in total. The maximum Gasteiger partial charge on any atom is 0.259 e. The highest BCUT2D eigenvalue weighted by atomic mass is 35.5. The summed E-state index contributed by atoms with van der Waals surface area (Å²) in [4.78, 5) is 12.9. The molecule has 7 heteroatoms. The molecule has 0 unspecified atom stereocenters. The number of amides is 1. The van der Waals surface area contributed by atoms with E-state index in [1.165, 1.54) is 7.11 Å². The van der Waals surface area contributed by atoms with Crippen molar-refractivity contribution in [1.82, 2.24) is 0 Å². The highest BCUT2D eigenvalue weighted by Crippen LogP contribution is 2.40. The number of anilines is 1. The van der Waals surface area contributed by atoms with Crippen LogP contribution in [0.2, 0.25) is 5.02 Å². The zero-order chi connectivity index (χ0) is 21.8. The quantitative estimate of drug-likeness (QED) is 0.338. The fraction of sp³-hybridized carbons (Fsp3) is 0.0417. The van der Waals surface area contributed by atoms with E-state index in [1.54, 1.807) is 42.5 Å². The second-order valence-corrected chi connectivity index (χ2v) is 7.12. The van der Waals surface area contributed by atoms with Gasteiger partial charge in [0.15, 0.2) is 5.75 Å². The number of ether oxygens (including phenoxy) is 1. The Morgan fingerprint density at radius 3 is 2.48 bits per heavy atom. The van der Waals surface area contributed by atoms with Crippen molar-refractivity contribution in [3.63, 3.8) is 0 Å². The summed E-state index contributed by atoms with van der Waals surface area (Å²) in [6, 6.07) is 22.9. The number of halogens is 1. The van der Waals surface area contributed by atoms with Crippen LogP contribution < -0.4 is 10.1 Å². The number of nitrogens with zero attached hydrogens (tertiary/aromatic N) is 2. The predicted octanol–water partition coefficient (Wildman–Crippen LogP) is 6.88. The van der Waals surface area contributed by atoms with E-state index in [0.29, 0.717) is 27.5 Å². The lowest BCUT2D eigenvalue weighted by atomic mass is 10.0. The number of aromatic hydroxyl groups is 1. The van der Waals surface area contributed by atoms with E-state index < -0.39 is 5.91 Å². The molecule has 2 N–H and O–H groups in total. The van der Waals surface area contributed by atoms with Crippen LogP contribution in [0.4, 0.5) is 17.1 Å². The Balaban J connectivity index is 1.80. The molecule has 0 bridgehead atoms. The minimum atomic E-state index is -0.453. The highest BCUT2D eigenvalue weighted by Gasteiger charge is 2.18. The van der Waals surface area contributed by atoms with Crippen molar-refractivity contribution < 1.29 is 14.6 Å².